The molecule has 4 rings (SSSR count). The Kier molecular flexibility index (Phi) is 5.16. The summed E-state index contributed by atoms with van der Waals surface area (Å²) >= 11 is 0. The van der Waals surface area contributed by atoms with Gasteiger partial charge in [-0.05, 0) is 24.4 Å². The number of nitrogens with zero attached hydrogens (tertiary/aromatic N) is 1. The maximum absolute atomic E-state index is 13.6. The van der Waals surface area contributed by atoms with Crippen LogP contribution in [0.15, 0.2) is 85.1 Å². The van der Waals surface area contributed by atoms with E-state index in [4.69, 9.17) is 4.74 Å². The second kappa shape index (κ2) is 8.07. The highest BCUT2D eigenvalue weighted by atomic mass is 16.5. The van der Waals surface area contributed by atoms with Crippen molar-refractivity contribution in [3.05, 3.63) is 102 Å². The summed E-state index contributed by atoms with van der Waals surface area (Å²) in [5.41, 5.74) is 2.78. The van der Waals surface area contributed by atoms with Crippen LogP contribution in [-0.2, 0) is 4.74 Å². The molecule has 0 fully saturated rings. The molecule has 0 aliphatic heterocycles. The van der Waals surface area contributed by atoms with Gasteiger partial charge in [0, 0.05) is 22.7 Å². The molecule has 0 spiro atoms. The van der Waals surface area contributed by atoms with Gasteiger partial charge < -0.3 is 4.74 Å². The van der Waals surface area contributed by atoms with Crippen molar-refractivity contribution in [2.75, 3.05) is 6.61 Å². The molecule has 0 amide bonds. The van der Waals surface area contributed by atoms with E-state index in [1.54, 1.807) is 37.4 Å². The largest absolute Gasteiger partial charge is 0.462 e. The summed E-state index contributed by atoms with van der Waals surface area (Å²) in [4.78, 5) is 30.3. The van der Waals surface area contributed by atoms with Gasteiger partial charge in [0.05, 0.1) is 23.4 Å². The summed E-state index contributed by atoms with van der Waals surface area (Å²) < 4.78 is 5.07. The molecule has 0 radical (unpaired) electrons. The first-order valence-corrected chi connectivity index (χ1v) is 9.44. The summed E-state index contributed by atoms with van der Waals surface area (Å²) in [6, 6.07) is 23.9. The minimum atomic E-state index is -0.443. The average molecular weight is 381 g/mol. The zero-order valence-corrected chi connectivity index (χ0v) is 16.0. The number of pyridine rings is 1. The molecule has 0 atom stereocenters. The third-order valence-electron chi connectivity index (χ3n) is 4.71. The average Bonchev–Trinajstić information content (AvgIpc) is 2.78. The molecule has 4 heteroatoms. The first kappa shape index (κ1) is 18.6. The van der Waals surface area contributed by atoms with Gasteiger partial charge in [-0.2, -0.15) is 0 Å². The van der Waals surface area contributed by atoms with Gasteiger partial charge in [0.1, 0.15) is 0 Å². The zero-order chi connectivity index (χ0) is 20.2. The fourth-order valence-corrected chi connectivity index (χ4v) is 3.35. The lowest BCUT2D eigenvalue weighted by molar-refractivity contribution is 0.0526. The lowest BCUT2D eigenvalue weighted by Crippen LogP contribution is -2.09. The van der Waals surface area contributed by atoms with Crippen LogP contribution in [0.2, 0.25) is 0 Å². The van der Waals surface area contributed by atoms with Crippen molar-refractivity contribution in [3.63, 3.8) is 0 Å². The third-order valence-corrected chi connectivity index (χ3v) is 4.71. The Balaban J connectivity index is 1.90. The lowest BCUT2D eigenvalue weighted by Gasteiger charge is -2.12. The number of carbonyl (C=O) groups is 2. The van der Waals surface area contributed by atoms with Crippen molar-refractivity contribution in [1.82, 2.24) is 4.98 Å². The number of hydrogen-bond acceptors (Lipinski definition) is 4. The fraction of sp³-hybridized carbons (Fsp3) is 0.0800. The van der Waals surface area contributed by atoms with Crippen LogP contribution >= 0.6 is 0 Å². The Morgan fingerprint density at radius 2 is 1.59 bits per heavy atom. The van der Waals surface area contributed by atoms with Crippen LogP contribution in [0.1, 0.15) is 33.2 Å². The molecule has 0 saturated heterocycles. The van der Waals surface area contributed by atoms with Gasteiger partial charge in [-0.25, -0.2) is 4.79 Å². The van der Waals surface area contributed by atoms with E-state index < -0.39 is 5.97 Å². The molecular weight excluding hydrogens is 362 g/mol. The molecular formula is C25H19NO3. The number of ether oxygens (including phenoxy) is 1. The Bertz CT molecular complexity index is 1200. The van der Waals surface area contributed by atoms with Crippen LogP contribution in [0.4, 0.5) is 0 Å². The van der Waals surface area contributed by atoms with E-state index in [1.807, 2.05) is 54.6 Å². The molecule has 0 N–H and O–H groups in total. The van der Waals surface area contributed by atoms with Crippen LogP contribution < -0.4 is 0 Å². The summed E-state index contributed by atoms with van der Waals surface area (Å²) in [5.74, 6) is -0.624. The number of aromatic nitrogens is 1. The quantitative estimate of drug-likeness (QED) is 0.347. The maximum Gasteiger partial charge on any atom is 0.338 e. The Morgan fingerprint density at radius 1 is 0.862 bits per heavy atom. The Morgan fingerprint density at radius 3 is 2.38 bits per heavy atom. The van der Waals surface area contributed by atoms with Crippen LogP contribution in [0.5, 0.6) is 0 Å². The predicted octanol–water partition coefficient (Wildman–Crippen LogP) is 5.31. The fourth-order valence-electron chi connectivity index (χ4n) is 3.35. The first-order valence-electron chi connectivity index (χ1n) is 9.44. The lowest BCUT2D eigenvalue weighted by atomic mass is 9.93. The van der Waals surface area contributed by atoms with Crippen molar-refractivity contribution in [2.45, 2.75) is 6.92 Å². The van der Waals surface area contributed by atoms with Crippen LogP contribution in [0.25, 0.3) is 22.0 Å². The highest BCUT2D eigenvalue weighted by Gasteiger charge is 2.20. The van der Waals surface area contributed by atoms with Gasteiger partial charge in [-0.3, -0.25) is 9.78 Å². The number of benzene rings is 3. The van der Waals surface area contributed by atoms with E-state index in [2.05, 4.69) is 4.98 Å². The summed E-state index contributed by atoms with van der Waals surface area (Å²) in [6.07, 6.45) is 1.78. The van der Waals surface area contributed by atoms with E-state index in [-0.39, 0.29) is 12.4 Å². The number of ketones is 1. The Hall–Kier alpha value is -3.79. The standard InChI is InChI=1S/C25H19NO3/c1-2-29-25(28)19-13-8-12-18(15-19)24(27)22-21-14-7-6-11-20(21)16-26-23(22)17-9-4-3-5-10-17/h3-16H,2H2,1H3. The zero-order valence-electron chi connectivity index (χ0n) is 16.0. The van der Waals surface area contributed by atoms with E-state index in [9.17, 15) is 9.59 Å². The maximum atomic E-state index is 13.6. The minimum Gasteiger partial charge on any atom is -0.462 e. The summed E-state index contributed by atoms with van der Waals surface area (Å²) in [5, 5.41) is 1.71. The molecule has 4 nitrogen and oxygen atoms in total. The molecule has 142 valence electrons. The van der Waals surface area contributed by atoms with Gasteiger partial charge in [0.15, 0.2) is 5.78 Å². The SMILES string of the molecule is CCOC(=O)c1cccc(C(=O)c2c(-c3ccccc3)ncc3ccccc23)c1. The Labute approximate surface area is 168 Å². The van der Waals surface area contributed by atoms with Crippen molar-refractivity contribution in [3.8, 4) is 11.3 Å². The number of fused-ring (bicyclic) bond motifs is 1. The minimum absolute atomic E-state index is 0.181. The molecule has 3 aromatic carbocycles. The van der Waals surface area contributed by atoms with Crippen LogP contribution in [0.3, 0.4) is 0 Å². The highest BCUT2D eigenvalue weighted by Crippen LogP contribution is 2.30. The van der Waals surface area contributed by atoms with Gasteiger partial charge in [-0.15, -0.1) is 0 Å². The van der Waals surface area contributed by atoms with Gasteiger partial charge >= 0.3 is 5.97 Å². The van der Waals surface area contributed by atoms with Crippen LogP contribution in [0, 0.1) is 0 Å². The monoisotopic (exact) mass is 381 g/mol. The van der Waals surface area contributed by atoms with Gasteiger partial charge in [-0.1, -0.05) is 66.7 Å². The molecule has 1 heterocycles. The second-order valence-electron chi connectivity index (χ2n) is 6.57. The summed E-state index contributed by atoms with van der Waals surface area (Å²) in [6.45, 7) is 2.03. The molecule has 29 heavy (non-hydrogen) atoms. The normalized spacial score (nSPS) is 10.7. The molecule has 0 aliphatic carbocycles. The molecule has 0 bridgehead atoms. The molecule has 0 aliphatic rings. The van der Waals surface area contributed by atoms with E-state index in [1.165, 1.54) is 0 Å². The number of esters is 1. The highest BCUT2D eigenvalue weighted by molar-refractivity contribution is 6.20. The number of rotatable bonds is 5. The summed E-state index contributed by atoms with van der Waals surface area (Å²) in [7, 11) is 0. The van der Waals surface area contributed by atoms with Crippen LogP contribution in [-0.4, -0.2) is 23.3 Å². The molecule has 1 aromatic heterocycles. The second-order valence-corrected chi connectivity index (χ2v) is 6.57. The van der Waals surface area contributed by atoms with Crippen molar-refractivity contribution in [2.24, 2.45) is 0 Å². The van der Waals surface area contributed by atoms with E-state index in [0.29, 0.717) is 22.4 Å². The third kappa shape index (κ3) is 3.65. The van der Waals surface area contributed by atoms with Crippen molar-refractivity contribution < 1.29 is 14.3 Å². The van der Waals surface area contributed by atoms with Gasteiger partial charge in [0.2, 0.25) is 0 Å². The predicted molar refractivity (Wildman–Crippen MR) is 113 cm³/mol. The topological polar surface area (TPSA) is 56.3 Å². The van der Waals surface area contributed by atoms with Gasteiger partial charge in [0.25, 0.3) is 0 Å². The van der Waals surface area contributed by atoms with E-state index in [0.717, 1.165) is 16.3 Å². The first-order chi connectivity index (χ1) is 14.2. The molecule has 0 saturated carbocycles. The molecule has 4 aromatic rings. The van der Waals surface area contributed by atoms with Crippen molar-refractivity contribution >= 4 is 22.5 Å². The number of carbonyl (C=O) groups excluding carboxylic acids is 2. The van der Waals surface area contributed by atoms with E-state index >= 15 is 0 Å². The van der Waals surface area contributed by atoms with Crippen molar-refractivity contribution in [1.29, 1.82) is 0 Å². The number of hydrogen-bond donors (Lipinski definition) is 0. The molecule has 0 unspecified atom stereocenters. The smallest absolute Gasteiger partial charge is 0.338 e.